The van der Waals surface area contributed by atoms with Crippen LogP contribution in [0.2, 0.25) is 0 Å². The average Bonchev–Trinajstić information content (AvgIpc) is 2.52. The van der Waals surface area contributed by atoms with E-state index in [4.69, 9.17) is 9.47 Å². The monoisotopic (exact) mass is 350 g/mol. The minimum atomic E-state index is -0.0562. The molecule has 0 fully saturated rings. The van der Waals surface area contributed by atoms with Crippen molar-refractivity contribution in [2.75, 3.05) is 6.61 Å². The van der Waals surface area contributed by atoms with Crippen LogP contribution < -0.4 is 9.47 Å². The molecule has 4 heteroatoms. The number of halogens is 1. The second-order valence-corrected chi connectivity index (χ2v) is 5.51. The molecule has 0 saturated carbocycles. The first-order valence-electron chi connectivity index (χ1n) is 6.97. The van der Waals surface area contributed by atoms with Gasteiger partial charge in [0.2, 0.25) is 0 Å². The van der Waals surface area contributed by atoms with Gasteiger partial charge in [0.1, 0.15) is 18.1 Å². The van der Waals surface area contributed by atoms with E-state index in [1.165, 1.54) is 0 Å². The fourth-order valence-corrected chi connectivity index (χ4v) is 2.28. The van der Waals surface area contributed by atoms with E-state index in [-0.39, 0.29) is 6.61 Å². The molecule has 0 amide bonds. The van der Waals surface area contributed by atoms with Crippen molar-refractivity contribution in [1.29, 1.82) is 0 Å². The zero-order valence-electron chi connectivity index (χ0n) is 12.0. The van der Waals surface area contributed by atoms with Gasteiger partial charge in [-0.1, -0.05) is 41.1 Å². The van der Waals surface area contributed by atoms with Crippen LogP contribution in [-0.4, -0.2) is 11.7 Å². The molecule has 0 bridgehead atoms. The molecule has 2 aromatic carbocycles. The zero-order chi connectivity index (χ0) is 15.1. The van der Waals surface area contributed by atoms with Gasteiger partial charge < -0.3 is 14.6 Å². The SMILES string of the molecule is CCCOc1ccc(CO)c(OCc2ccccc2Br)c1. The lowest BCUT2D eigenvalue weighted by Gasteiger charge is -2.13. The smallest absolute Gasteiger partial charge is 0.129 e. The second kappa shape index (κ2) is 8.05. The minimum Gasteiger partial charge on any atom is -0.493 e. The molecule has 2 aromatic rings. The highest BCUT2D eigenvalue weighted by molar-refractivity contribution is 9.10. The second-order valence-electron chi connectivity index (χ2n) is 4.66. The maximum atomic E-state index is 9.41. The lowest BCUT2D eigenvalue weighted by atomic mass is 10.2. The normalized spacial score (nSPS) is 10.4. The summed E-state index contributed by atoms with van der Waals surface area (Å²) in [6.07, 6.45) is 0.953. The molecule has 0 radical (unpaired) electrons. The van der Waals surface area contributed by atoms with E-state index in [1.54, 1.807) is 0 Å². The molecule has 3 nitrogen and oxygen atoms in total. The van der Waals surface area contributed by atoms with Crippen LogP contribution in [0.4, 0.5) is 0 Å². The van der Waals surface area contributed by atoms with Crippen molar-refractivity contribution in [3.8, 4) is 11.5 Å². The van der Waals surface area contributed by atoms with Gasteiger partial charge in [0.15, 0.2) is 0 Å². The van der Waals surface area contributed by atoms with Crippen molar-refractivity contribution in [3.05, 3.63) is 58.1 Å². The Balaban J connectivity index is 2.12. The van der Waals surface area contributed by atoms with Gasteiger partial charge >= 0.3 is 0 Å². The molecule has 0 heterocycles. The first-order chi connectivity index (χ1) is 10.2. The summed E-state index contributed by atoms with van der Waals surface area (Å²) in [4.78, 5) is 0. The highest BCUT2D eigenvalue weighted by atomic mass is 79.9. The summed E-state index contributed by atoms with van der Waals surface area (Å²) in [5, 5.41) is 9.41. The third-order valence-electron chi connectivity index (χ3n) is 3.02. The number of aliphatic hydroxyl groups is 1. The standard InChI is InChI=1S/C17H19BrO3/c1-2-9-20-15-8-7-13(11-19)17(10-15)21-12-14-5-3-4-6-16(14)18/h3-8,10,19H,2,9,11-12H2,1H3. The van der Waals surface area contributed by atoms with E-state index in [0.717, 1.165) is 27.8 Å². The summed E-state index contributed by atoms with van der Waals surface area (Å²) in [6.45, 7) is 3.11. The van der Waals surface area contributed by atoms with Crippen LogP contribution >= 0.6 is 15.9 Å². The van der Waals surface area contributed by atoms with Crippen molar-refractivity contribution in [2.24, 2.45) is 0 Å². The molecule has 0 aromatic heterocycles. The van der Waals surface area contributed by atoms with Gasteiger partial charge in [0, 0.05) is 21.7 Å². The van der Waals surface area contributed by atoms with E-state index in [2.05, 4.69) is 22.9 Å². The van der Waals surface area contributed by atoms with Crippen molar-refractivity contribution in [3.63, 3.8) is 0 Å². The van der Waals surface area contributed by atoms with E-state index >= 15 is 0 Å². The Morgan fingerprint density at radius 1 is 1.05 bits per heavy atom. The topological polar surface area (TPSA) is 38.7 Å². The van der Waals surface area contributed by atoms with E-state index < -0.39 is 0 Å². The summed E-state index contributed by atoms with van der Waals surface area (Å²) in [5.74, 6) is 1.41. The van der Waals surface area contributed by atoms with Crippen LogP contribution in [0.3, 0.4) is 0 Å². The Morgan fingerprint density at radius 3 is 2.57 bits per heavy atom. The fourth-order valence-electron chi connectivity index (χ4n) is 1.88. The number of hydrogen-bond acceptors (Lipinski definition) is 3. The van der Waals surface area contributed by atoms with Crippen molar-refractivity contribution in [2.45, 2.75) is 26.6 Å². The molecule has 2 rings (SSSR count). The predicted octanol–water partition coefficient (Wildman–Crippen LogP) is 4.31. The Bertz CT molecular complexity index is 584. The van der Waals surface area contributed by atoms with Crippen LogP contribution in [0.1, 0.15) is 24.5 Å². The largest absolute Gasteiger partial charge is 0.493 e. The Morgan fingerprint density at radius 2 is 1.86 bits per heavy atom. The van der Waals surface area contributed by atoms with E-state index in [0.29, 0.717) is 19.0 Å². The predicted molar refractivity (Wildman–Crippen MR) is 86.6 cm³/mol. The molecule has 0 aliphatic rings. The van der Waals surface area contributed by atoms with Gasteiger partial charge in [-0.2, -0.15) is 0 Å². The molecule has 0 saturated heterocycles. The summed E-state index contributed by atoms with van der Waals surface area (Å²) >= 11 is 3.50. The lowest BCUT2D eigenvalue weighted by Crippen LogP contribution is -2.01. The Kier molecular flexibility index (Phi) is 6.08. The summed E-state index contributed by atoms with van der Waals surface area (Å²) < 4.78 is 12.5. The summed E-state index contributed by atoms with van der Waals surface area (Å²) in [7, 11) is 0. The van der Waals surface area contributed by atoms with Crippen LogP contribution in [-0.2, 0) is 13.2 Å². The Hall–Kier alpha value is -1.52. The highest BCUT2D eigenvalue weighted by Crippen LogP contribution is 2.27. The third-order valence-corrected chi connectivity index (χ3v) is 3.80. The molecule has 0 aliphatic heterocycles. The van der Waals surface area contributed by atoms with Gasteiger partial charge in [-0.05, 0) is 24.6 Å². The van der Waals surface area contributed by atoms with Crippen molar-refractivity contribution < 1.29 is 14.6 Å². The molecule has 0 spiro atoms. The quantitative estimate of drug-likeness (QED) is 0.808. The zero-order valence-corrected chi connectivity index (χ0v) is 13.6. The maximum absolute atomic E-state index is 9.41. The molecule has 1 N–H and O–H groups in total. The molecular formula is C17H19BrO3. The Labute approximate surface area is 133 Å². The molecular weight excluding hydrogens is 332 g/mol. The highest BCUT2D eigenvalue weighted by Gasteiger charge is 2.07. The maximum Gasteiger partial charge on any atom is 0.129 e. The summed E-state index contributed by atoms with van der Waals surface area (Å²) in [6, 6.07) is 13.4. The molecule has 112 valence electrons. The first kappa shape index (κ1) is 15.9. The fraction of sp³-hybridized carbons (Fsp3) is 0.294. The van der Waals surface area contributed by atoms with Crippen molar-refractivity contribution >= 4 is 15.9 Å². The molecule has 0 unspecified atom stereocenters. The van der Waals surface area contributed by atoms with Gasteiger partial charge in [-0.25, -0.2) is 0 Å². The minimum absolute atomic E-state index is 0.0562. The van der Waals surface area contributed by atoms with Gasteiger partial charge in [-0.15, -0.1) is 0 Å². The van der Waals surface area contributed by atoms with Crippen LogP contribution in [0.15, 0.2) is 46.9 Å². The van der Waals surface area contributed by atoms with Gasteiger partial charge in [0.05, 0.1) is 13.2 Å². The van der Waals surface area contributed by atoms with E-state index in [9.17, 15) is 5.11 Å². The number of hydrogen-bond donors (Lipinski definition) is 1. The molecule has 0 aliphatic carbocycles. The van der Waals surface area contributed by atoms with Crippen LogP contribution in [0.25, 0.3) is 0 Å². The third kappa shape index (κ3) is 4.48. The van der Waals surface area contributed by atoms with Crippen LogP contribution in [0, 0.1) is 0 Å². The first-order valence-corrected chi connectivity index (χ1v) is 7.76. The van der Waals surface area contributed by atoms with Gasteiger partial charge in [-0.3, -0.25) is 0 Å². The number of aliphatic hydroxyl groups excluding tert-OH is 1. The van der Waals surface area contributed by atoms with Crippen LogP contribution in [0.5, 0.6) is 11.5 Å². The number of rotatable bonds is 7. The van der Waals surface area contributed by atoms with E-state index in [1.807, 2.05) is 42.5 Å². The number of benzene rings is 2. The lowest BCUT2D eigenvalue weighted by molar-refractivity contribution is 0.256. The summed E-state index contributed by atoms with van der Waals surface area (Å²) in [5.41, 5.74) is 1.81. The number of ether oxygens (including phenoxy) is 2. The molecule has 21 heavy (non-hydrogen) atoms. The average molecular weight is 351 g/mol. The van der Waals surface area contributed by atoms with Crippen molar-refractivity contribution in [1.82, 2.24) is 0 Å². The molecule has 0 atom stereocenters. The van der Waals surface area contributed by atoms with Gasteiger partial charge in [0.25, 0.3) is 0 Å².